The zero-order valence-electron chi connectivity index (χ0n) is 12.4. The fourth-order valence-electron chi connectivity index (χ4n) is 2.42. The van der Waals surface area contributed by atoms with Gasteiger partial charge in [-0.25, -0.2) is 0 Å². The first kappa shape index (κ1) is 15.0. The molecule has 0 aliphatic rings. The molecule has 1 aromatic carbocycles. The van der Waals surface area contributed by atoms with E-state index in [1.54, 1.807) is 0 Å². The maximum atomic E-state index is 5.65. The van der Waals surface area contributed by atoms with Gasteiger partial charge >= 0.3 is 0 Å². The minimum Gasteiger partial charge on any atom is -0.374 e. The van der Waals surface area contributed by atoms with Gasteiger partial charge in [-0.1, -0.05) is 32.0 Å². The smallest absolute Gasteiger partial charge is 0.0393 e. The first-order valence-corrected chi connectivity index (χ1v) is 6.93. The van der Waals surface area contributed by atoms with E-state index in [2.05, 4.69) is 57.0 Å². The molecule has 0 unspecified atom stereocenters. The summed E-state index contributed by atoms with van der Waals surface area (Å²) in [5, 5.41) is 0. The Kier molecular flexibility index (Phi) is 5.67. The van der Waals surface area contributed by atoms with Crippen LogP contribution in [0.15, 0.2) is 24.3 Å². The molecule has 0 saturated heterocycles. The highest BCUT2D eigenvalue weighted by molar-refractivity contribution is 5.52. The summed E-state index contributed by atoms with van der Waals surface area (Å²) < 4.78 is 0. The summed E-state index contributed by atoms with van der Waals surface area (Å²) in [7, 11) is 2.18. The van der Waals surface area contributed by atoms with E-state index in [0.717, 1.165) is 19.5 Å². The highest BCUT2D eigenvalue weighted by Gasteiger charge is 2.16. The van der Waals surface area contributed by atoms with Crippen LogP contribution in [0, 0.1) is 12.3 Å². The molecule has 18 heavy (non-hydrogen) atoms. The molecule has 0 saturated carbocycles. The predicted molar refractivity (Wildman–Crippen MR) is 81.1 cm³/mol. The predicted octanol–water partition coefficient (Wildman–Crippen LogP) is 3.59. The van der Waals surface area contributed by atoms with E-state index in [1.165, 1.54) is 24.1 Å². The van der Waals surface area contributed by atoms with Gasteiger partial charge in [0.05, 0.1) is 0 Å². The Bertz CT molecular complexity index is 358. The van der Waals surface area contributed by atoms with E-state index in [4.69, 9.17) is 5.73 Å². The second kappa shape index (κ2) is 6.79. The van der Waals surface area contributed by atoms with Gasteiger partial charge < -0.3 is 10.6 Å². The molecule has 2 N–H and O–H groups in total. The van der Waals surface area contributed by atoms with Crippen molar-refractivity contribution in [3.63, 3.8) is 0 Å². The zero-order valence-corrected chi connectivity index (χ0v) is 12.4. The van der Waals surface area contributed by atoms with Crippen LogP contribution in [0.3, 0.4) is 0 Å². The molecule has 0 amide bonds. The lowest BCUT2D eigenvalue weighted by Crippen LogP contribution is -2.23. The van der Waals surface area contributed by atoms with Crippen LogP contribution in [0.25, 0.3) is 0 Å². The highest BCUT2D eigenvalue weighted by Crippen LogP contribution is 2.26. The molecule has 0 heterocycles. The number of hydrogen-bond acceptors (Lipinski definition) is 2. The average molecular weight is 248 g/mol. The van der Waals surface area contributed by atoms with E-state index in [9.17, 15) is 0 Å². The van der Waals surface area contributed by atoms with Gasteiger partial charge in [0, 0.05) is 19.3 Å². The summed E-state index contributed by atoms with van der Waals surface area (Å²) in [4.78, 5) is 2.36. The molecule has 0 aromatic heterocycles. The first-order valence-electron chi connectivity index (χ1n) is 6.93. The van der Waals surface area contributed by atoms with Crippen LogP contribution in [0.1, 0.15) is 38.7 Å². The molecule has 0 atom stereocenters. The second-order valence-electron chi connectivity index (χ2n) is 6.01. The molecule has 0 aliphatic carbocycles. The van der Waals surface area contributed by atoms with Crippen LogP contribution in [0.4, 0.5) is 5.69 Å². The zero-order chi connectivity index (χ0) is 13.6. The number of benzene rings is 1. The quantitative estimate of drug-likeness (QED) is 0.799. The molecule has 2 heteroatoms. The van der Waals surface area contributed by atoms with Gasteiger partial charge in [-0.2, -0.15) is 0 Å². The van der Waals surface area contributed by atoms with Crippen LogP contribution >= 0.6 is 0 Å². The summed E-state index contributed by atoms with van der Waals surface area (Å²) in [6.07, 6.45) is 3.57. The number of nitrogens with two attached hydrogens (primary N) is 1. The van der Waals surface area contributed by atoms with Crippen LogP contribution < -0.4 is 10.6 Å². The Morgan fingerprint density at radius 2 is 1.83 bits per heavy atom. The number of nitrogens with zero attached hydrogens (tertiary/aromatic N) is 1. The van der Waals surface area contributed by atoms with E-state index >= 15 is 0 Å². The van der Waals surface area contributed by atoms with Gasteiger partial charge in [-0.15, -0.1) is 0 Å². The minimum atomic E-state index is 0.376. The Labute approximate surface area is 112 Å². The van der Waals surface area contributed by atoms with Gasteiger partial charge in [0.15, 0.2) is 0 Å². The monoisotopic (exact) mass is 248 g/mol. The van der Waals surface area contributed by atoms with Crippen molar-refractivity contribution in [2.45, 2.75) is 40.0 Å². The summed E-state index contributed by atoms with van der Waals surface area (Å²) in [5.74, 6) is 0. The standard InChI is InChI=1S/C16H28N2/c1-14-8-5-6-9-15(14)18(4)13-7-10-16(2,3)11-12-17/h5-6,8-9H,7,10-13,17H2,1-4H3. The molecular formula is C16H28N2. The normalized spacial score (nSPS) is 11.6. The van der Waals surface area contributed by atoms with Crippen molar-refractivity contribution in [1.29, 1.82) is 0 Å². The van der Waals surface area contributed by atoms with Crippen molar-refractivity contribution in [3.8, 4) is 0 Å². The minimum absolute atomic E-state index is 0.376. The number of aryl methyl sites for hydroxylation is 1. The van der Waals surface area contributed by atoms with Crippen LogP contribution in [-0.2, 0) is 0 Å². The Balaban J connectivity index is 2.43. The van der Waals surface area contributed by atoms with Crippen LogP contribution in [-0.4, -0.2) is 20.1 Å². The molecule has 1 rings (SSSR count). The van der Waals surface area contributed by atoms with Gasteiger partial charge in [-0.3, -0.25) is 0 Å². The molecule has 102 valence electrons. The lowest BCUT2D eigenvalue weighted by Gasteiger charge is -2.26. The third-order valence-corrected chi connectivity index (χ3v) is 3.69. The van der Waals surface area contributed by atoms with Crippen molar-refractivity contribution in [3.05, 3.63) is 29.8 Å². The number of anilines is 1. The summed E-state index contributed by atoms with van der Waals surface area (Å²) >= 11 is 0. The SMILES string of the molecule is Cc1ccccc1N(C)CCCC(C)(C)CCN. The van der Waals surface area contributed by atoms with Crippen LogP contribution in [0.2, 0.25) is 0 Å². The van der Waals surface area contributed by atoms with Crippen molar-refractivity contribution in [1.82, 2.24) is 0 Å². The second-order valence-corrected chi connectivity index (χ2v) is 6.01. The first-order chi connectivity index (χ1) is 8.46. The molecule has 0 bridgehead atoms. The number of rotatable bonds is 7. The van der Waals surface area contributed by atoms with E-state index in [-0.39, 0.29) is 0 Å². The average Bonchev–Trinajstić information content (AvgIpc) is 2.29. The molecular weight excluding hydrogens is 220 g/mol. The molecule has 2 nitrogen and oxygen atoms in total. The van der Waals surface area contributed by atoms with Gasteiger partial charge in [0.1, 0.15) is 0 Å². The maximum absolute atomic E-state index is 5.65. The molecule has 0 fully saturated rings. The van der Waals surface area contributed by atoms with Crippen molar-refractivity contribution in [2.24, 2.45) is 11.1 Å². The Morgan fingerprint density at radius 1 is 1.17 bits per heavy atom. The fraction of sp³-hybridized carbons (Fsp3) is 0.625. The number of para-hydroxylation sites is 1. The lowest BCUT2D eigenvalue weighted by molar-refractivity contribution is 0.306. The van der Waals surface area contributed by atoms with Crippen LogP contribution in [0.5, 0.6) is 0 Å². The van der Waals surface area contributed by atoms with Crippen molar-refractivity contribution in [2.75, 3.05) is 25.0 Å². The highest BCUT2D eigenvalue weighted by atomic mass is 15.1. The molecule has 0 spiro atoms. The summed E-state index contributed by atoms with van der Waals surface area (Å²) in [6, 6.07) is 8.57. The van der Waals surface area contributed by atoms with E-state index < -0.39 is 0 Å². The van der Waals surface area contributed by atoms with E-state index in [0.29, 0.717) is 5.41 Å². The third kappa shape index (κ3) is 4.69. The van der Waals surface area contributed by atoms with Crippen molar-refractivity contribution < 1.29 is 0 Å². The maximum Gasteiger partial charge on any atom is 0.0393 e. The van der Waals surface area contributed by atoms with Gasteiger partial charge in [-0.05, 0) is 49.8 Å². The summed E-state index contributed by atoms with van der Waals surface area (Å²) in [5.41, 5.74) is 8.71. The number of hydrogen-bond donors (Lipinski definition) is 1. The topological polar surface area (TPSA) is 29.3 Å². The Hall–Kier alpha value is -1.02. The largest absolute Gasteiger partial charge is 0.374 e. The van der Waals surface area contributed by atoms with E-state index in [1.807, 2.05) is 0 Å². The third-order valence-electron chi connectivity index (χ3n) is 3.69. The van der Waals surface area contributed by atoms with Gasteiger partial charge in [0.2, 0.25) is 0 Å². The Morgan fingerprint density at radius 3 is 2.44 bits per heavy atom. The fourth-order valence-corrected chi connectivity index (χ4v) is 2.42. The molecule has 0 aliphatic heterocycles. The lowest BCUT2D eigenvalue weighted by atomic mass is 9.84. The van der Waals surface area contributed by atoms with Gasteiger partial charge in [0.25, 0.3) is 0 Å². The van der Waals surface area contributed by atoms with Crippen molar-refractivity contribution >= 4 is 5.69 Å². The molecule has 0 radical (unpaired) electrons. The molecule has 1 aromatic rings. The summed E-state index contributed by atoms with van der Waals surface area (Å²) in [6.45, 7) is 8.70.